The number of primary amides is 2. The van der Waals surface area contributed by atoms with E-state index in [0.29, 0.717) is 25.0 Å². The van der Waals surface area contributed by atoms with Gasteiger partial charge in [0.2, 0.25) is 11.8 Å². The van der Waals surface area contributed by atoms with Crippen LogP contribution >= 0.6 is 0 Å². The van der Waals surface area contributed by atoms with Crippen molar-refractivity contribution in [1.29, 1.82) is 0 Å². The lowest BCUT2D eigenvalue weighted by molar-refractivity contribution is -0.139. The molecule has 0 aliphatic heterocycles. The summed E-state index contributed by atoms with van der Waals surface area (Å²) in [5.41, 5.74) is 10.7. The van der Waals surface area contributed by atoms with Gasteiger partial charge in [-0.05, 0) is 68.6 Å². The van der Waals surface area contributed by atoms with E-state index in [0.717, 1.165) is 24.2 Å². The third-order valence-corrected chi connectivity index (χ3v) is 5.71. The molecule has 0 spiro atoms. The normalized spacial score (nSPS) is 22.7. The Bertz CT molecular complexity index is 653. The molecule has 1 unspecified atom stereocenters. The summed E-state index contributed by atoms with van der Waals surface area (Å²) in [5, 5.41) is 0. The number of rotatable bonds is 6. The Morgan fingerprint density at radius 2 is 1.76 bits per heavy atom. The number of carbonyl (C=O) groups is 2. The van der Waals surface area contributed by atoms with E-state index in [1.165, 1.54) is 12.8 Å². The Morgan fingerprint density at radius 1 is 1.08 bits per heavy atom. The van der Waals surface area contributed by atoms with Gasteiger partial charge in [-0.3, -0.25) is 9.59 Å². The molecule has 2 saturated carbocycles. The Balaban J connectivity index is 1.83. The standard InChI is InChI=1S/C19H26N2O4/c1-24-15-7-6-12(10-16(15)25-14-4-2-3-5-14)13-8-9-19(11-13,17(20)22)18(21)23/h6-7,10,13-14H,2-5,8-9,11H2,1H3,(H2,20,22)(H2,21,23). The molecule has 2 aliphatic rings. The number of hydrogen-bond donors (Lipinski definition) is 2. The average Bonchev–Trinajstić information content (AvgIpc) is 3.25. The van der Waals surface area contributed by atoms with E-state index in [4.69, 9.17) is 20.9 Å². The molecule has 2 fully saturated rings. The zero-order valence-corrected chi connectivity index (χ0v) is 14.6. The maximum Gasteiger partial charge on any atom is 0.233 e. The summed E-state index contributed by atoms with van der Waals surface area (Å²) >= 11 is 0. The van der Waals surface area contributed by atoms with Gasteiger partial charge in [0.1, 0.15) is 5.41 Å². The van der Waals surface area contributed by atoms with E-state index in [1.807, 2.05) is 18.2 Å². The van der Waals surface area contributed by atoms with Gasteiger partial charge in [0.25, 0.3) is 0 Å². The van der Waals surface area contributed by atoms with E-state index in [2.05, 4.69) is 0 Å². The van der Waals surface area contributed by atoms with Gasteiger partial charge < -0.3 is 20.9 Å². The van der Waals surface area contributed by atoms with Crippen molar-refractivity contribution in [3.63, 3.8) is 0 Å². The highest BCUT2D eigenvalue weighted by Crippen LogP contribution is 2.47. The second-order valence-electron chi connectivity index (χ2n) is 7.18. The molecule has 6 heteroatoms. The summed E-state index contributed by atoms with van der Waals surface area (Å²) in [6.07, 6.45) is 6.17. The molecule has 136 valence electrons. The Hall–Kier alpha value is -2.24. The summed E-state index contributed by atoms with van der Waals surface area (Å²) in [6.45, 7) is 0. The average molecular weight is 346 g/mol. The van der Waals surface area contributed by atoms with Crippen LogP contribution in [0.1, 0.15) is 56.4 Å². The molecular weight excluding hydrogens is 320 g/mol. The molecular formula is C19H26N2O4. The number of methoxy groups -OCH3 is 1. The zero-order valence-electron chi connectivity index (χ0n) is 14.6. The second-order valence-corrected chi connectivity index (χ2v) is 7.18. The highest BCUT2D eigenvalue weighted by molar-refractivity contribution is 6.04. The summed E-state index contributed by atoms with van der Waals surface area (Å²) in [4.78, 5) is 23.6. The first-order valence-corrected chi connectivity index (χ1v) is 8.90. The fourth-order valence-corrected chi connectivity index (χ4v) is 4.12. The Labute approximate surface area is 147 Å². The molecule has 1 aromatic carbocycles. The van der Waals surface area contributed by atoms with Crippen LogP contribution < -0.4 is 20.9 Å². The molecule has 0 radical (unpaired) electrons. The minimum atomic E-state index is -1.24. The minimum absolute atomic E-state index is 0.0526. The van der Waals surface area contributed by atoms with E-state index in [9.17, 15) is 9.59 Å². The molecule has 4 N–H and O–H groups in total. The minimum Gasteiger partial charge on any atom is -0.493 e. The maximum atomic E-state index is 11.8. The molecule has 0 saturated heterocycles. The van der Waals surface area contributed by atoms with Crippen molar-refractivity contribution < 1.29 is 19.1 Å². The van der Waals surface area contributed by atoms with Crippen molar-refractivity contribution >= 4 is 11.8 Å². The van der Waals surface area contributed by atoms with Crippen LogP contribution in [0.25, 0.3) is 0 Å². The van der Waals surface area contributed by atoms with Crippen LogP contribution in [0.3, 0.4) is 0 Å². The number of ether oxygens (including phenoxy) is 2. The molecule has 25 heavy (non-hydrogen) atoms. The highest BCUT2D eigenvalue weighted by atomic mass is 16.5. The fraction of sp³-hybridized carbons (Fsp3) is 0.579. The molecule has 2 aliphatic carbocycles. The lowest BCUT2D eigenvalue weighted by Gasteiger charge is -2.22. The largest absolute Gasteiger partial charge is 0.493 e. The molecule has 0 bridgehead atoms. The van der Waals surface area contributed by atoms with Crippen LogP contribution in [-0.2, 0) is 9.59 Å². The Morgan fingerprint density at radius 3 is 2.32 bits per heavy atom. The second kappa shape index (κ2) is 6.94. The SMILES string of the molecule is COc1ccc(C2CCC(C(N)=O)(C(N)=O)C2)cc1OC1CCCC1. The number of hydrogen-bond acceptors (Lipinski definition) is 4. The van der Waals surface area contributed by atoms with Gasteiger partial charge in [0.05, 0.1) is 13.2 Å². The summed E-state index contributed by atoms with van der Waals surface area (Å²) in [5.74, 6) is 0.223. The first kappa shape index (κ1) is 17.6. The topological polar surface area (TPSA) is 105 Å². The van der Waals surface area contributed by atoms with Crippen LogP contribution in [0.2, 0.25) is 0 Å². The van der Waals surface area contributed by atoms with Crippen molar-refractivity contribution in [2.24, 2.45) is 16.9 Å². The van der Waals surface area contributed by atoms with Gasteiger partial charge in [-0.25, -0.2) is 0 Å². The first-order chi connectivity index (χ1) is 12.0. The van der Waals surface area contributed by atoms with Crippen molar-refractivity contribution in [3.05, 3.63) is 23.8 Å². The molecule has 1 atom stereocenters. The van der Waals surface area contributed by atoms with Crippen molar-refractivity contribution in [1.82, 2.24) is 0 Å². The summed E-state index contributed by atoms with van der Waals surface area (Å²) in [6, 6.07) is 5.82. The third kappa shape index (κ3) is 3.30. The van der Waals surface area contributed by atoms with Gasteiger partial charge in [-0.1, -0.05) is 6.07 Å². The predicted octanol–water partition coefficient (Wildman–Crippen LogP) is 2.24. The number of nitrogens with two attached hydrogens (primary N) is 2. The molecule has 6 nitrogen and oxygen atoms in total. The Kier molecular flexibility index (Phi) is 4.88. The zero-order chi connectivity index (χ0) is 18.0. The molecule has 2 amide bonds. The molecule has 3 rings (SSSR count). The van der Waals surface area contributed by atoms with Crippen molar-refractivity contribution in [3.8, 4) is 11.5 Å². The van der Waals surface area contributed by atoms with Gasteiger partial charge in [-0.2, -0.15) is 0 Å². The van der Waals surface area contributed by atoms with E-state index < -0.39 is 17.2 Å². The monoisotopic (exact) mass is 346 g/mol. The van der Waals surface area contributed by atoms with Gasteiger partial charge in [0.15, 0.2) is 11.5 Å². The van der Waals surface area contributed by atoms with Crippen LogP contribution in [0.4, 0.5) is 0 Å². The summed E-state index contributed by atoms with van der Waals surface area (Å²) in [7, 11) is 1.62. The highest BCUT2D eigenvalue weighted by Gasteiger charge is 2.49. The van der Waals surface area contributed by atoms with E-state index in [-0.39, 0.29) is 12.0 Å². The van der Waals surface area contributed by atoms with Gasteiger partial charge >= 0.3 is 0 Å². The molecule has 0 heterocycles. The van der Waals surface area contributed by atoms with Crippen LogP contribution in [0.5, 0.6) is 11.5 Å². The van der Waals surface area contributed by atoms with Crippen LogP contribution in [-0.4, -0.2) is 25.0 Å². The molecule has 1 aromatic rings. The van der Waals surface area contributed by atoms with Crippen molar-refractivity contribution in [2.45, 2.75) is 57.0 Å². The smallest absolute Gasteiger partial charge is 0.233 e. The quantitative estimate of drug-likeness (QED) is 0.771. The maximum absolute atomic E-state index is 11.8. The number of benzene rings is 1. The first-order valence-electron chi connectivity index (χ1n) is 8.90. The van der Waals surface area contributed by atoms with Crippen molar-refractivity contribution in [2.75, 3.05) is 7.11 Å². The predicted molar refractivity (Wildman–Crippen MR) is 93.3 cm³/mol. The van der Waals surface area contributed by atoms with Gasteiger partial charge in [-0.15, -0.1) is 0 Å². The third-order valence-electron chi connectivity index (χ3n) is 5.71. The summed E-state index contributed by atoms with van der Waals surface area (Å²) < 4.78 is 11.6. The fourth-order valence-electron chi connectivity index (χ4n) is 4.12. The number of amides is 2. The number of carbonyl (C=O) groups excluding carboxylic acids is 2. The molecule has 0 aromatic heterocycles. The van der Waals surface area contributed by atoms with E-state index in [1.54, 1.807) is 7.11 Å². The van der Waals surface area contributed by atoms with Crippen LogP contribution in [0, 0.1) is 5.41 Å². The van der Waals surface area contributed by atoms with Crippen LogP contribution in [0.15, 0.2) is 18.2 Å². The lowest BCUT2D eigenvalue weighted by atomic mass is 9.82. The lowest BCUT2D eigenvalue weighted by Crippen LogP contribution is -2.45. The van der Waals surface area contributed by atoms with E-state index >= 15 is 0 Å². The van der Waals surface area contributed by atoms with Gasteiger partial charge in [0, 0.05) is 0 Å².